The Kier molecular flexibility index (Phi) is 4.75. The standard InChI is InChI=1S/C14H17BrFN/c15-12-6-5-11(14(16)10-12)4-2-1-3-9-17-13-7-8-13/h1-2,5-6,10,13,17H,3-4,7-9H2. The average Bonchev–Trinajstić information content (AvgIpc) is 3.09. The van der Waals surface area contributed by atoms with Gasteiger partial charge in [-0.2, -0.15) is 0 Å². The van der Waals surface area contributed by atoms with Crippen molar-refractivity contribution in [1.82, 2.24) is 5.32 Å². The predicted molar refractivity (Wildman–Crippen MR) is 72.6 cm³/mol. The van der Waals surface area contributed by atoms with Gasteiger partial charge >= 0.3 is 0 Å². The Morgan fingerprint density at radius 2 is 2.18 bits per heavy atom. The molecule has 1 aliphatic carbocycles. The molecule has 1 N–H and O–H groups in total. The molecule has 1 aromatic carbocycles. The van der Waals surface area contributed by atoms with Crippen LogP contribution in [0.4, 0.5) is 4.39 Å². The minimum atomic E-state index is -0.139. The van der Waals surface area contributed by atoms with Gasteiger partial charge in [0.2, 0.25) is 0 Å². The molecule has 3 heteroatoms. The smallest absolute Gasteiger partial charge is 0.127 e. The maximum atomic E-state index is 13.5. The van der Waals surface area contributed by atoms with E-state index in [9.17, 15) is 4.39 Å². The van der Waals surface area contributed by atoms with Crippen molar-refractivity contribution in [1.29, 1.82) is 0 Å². The molecule has 17 heavy (non-hydrogen) atoms. The summed E-state index contributed by atoms with van der Waals surface area (Å²) in [4.78, 5) is 0. The summed E-state index contributed by atoms with van der Waals surface area (Å²) in [6.45, 7) is 1.03. The van der Waals surface area contributed by atoms with Gasteiger partial charge in [-0.3, -0.25) is 0 Å². The van der Waals surface area contributed by atoms with Crippen LogP contribution in [-0.2, 0) is 6.42 Å². The monoisotopic (exact) mass is 297 g/mol. The van der Waals surface area contributed by atoms with Crippen LogP contribution >= 0.6 is 15.9 Å². The van der Waals surface area contributed by atoms with Crippen molar-refractivity contribution >= 4 is 15.9 Å². The lowest BCUT2D eigenvalue weighted by Crippen LogP contribution is -2.16. The van der Waals surface area contributed by atoms with Crippen molar-refractivity contribution in [3.05, 3.63) is 46.2 Å². The number of allylic oxidation sites excluding steroid dienone is 1. The lowest BCUT2D eigenvalue weighted by atomic mass is 10.1. The molecule has 2 rings (SSSR count). The minimum Gasteiger partial charge on any atom is -0.314 e. The third-order valence-corrected chi connectivity index (χ3v) is 3.33. The number of rotatable bonds is 6. The molecular formula is C14H17BrFN. The van der Waals surface area contributed by atoms with Crippen LogP contribution in [0.1, 0.15) is 24.8 Å². The molecule has 1 aliphatic rings. The molecule has 1 nitrogen and oxygen atoms in total. The van der Waals surface area contributed by atoms with Gasteiger partial charge in [0.1, 0.15) is 5.82 Å². The number of nitrogens with one attached hydrogen (secondary N) is 1. The lowest BCUT2D eigenvalue weighted by molar-refractivity contribution is 0.614. The Labute approximate surface area is 110 Å². The van der Waals surface area contributed by atoms with Crippen LogP contribution in [-0.4, -0.2) is 12.6 Å². The fourth-order valence-electron chi connectivity index (χ4n) is 1.67. The van der Waals surface area contributed by atoms with E-state index in [1.165, 1.54) is 18.9 Å². The van der Waals surface area contributed by atoms with Crippen molar-refractivity contribution in [2.45, 2.75) is 31.7 Å². The van der Waals surface area contributed by atoms with E-state index < -0.39 is 0 Å². The zero-order chi connectivity index (χ0) is 12.1. The topological polar surface area (TPSA) is 12.0 Å². The largest absolute Gasteiger partial charge is 0.314 e. The fourth-order valence-corrected chi connectivity index (χ4v) is 2.01. The van der Waals surface area contributed by atoms with Crippen LogP contribution in [0, 0.1) is 5.82 Å². The van der Waals surface area contributed by atoms with Crippen molar-refractivity contribution in [2.75, 3.05) is 6.54 Å². The number of hydrogen-bond donors (Lipinski definition) is 1. The summed E-state index contributed by atoms with van der Waals surface area (Å²) in [7, 11) is 0. The highest BCUT2D eigenvalue weighted by Gasteiger charge is 2.19. The normalized spacial score (nSPS) is 15.6. The van der Waals surface area contributed by atoms with Gasteiger partial charge < -0.3 is 5.32 Å². The maximum absolute atomic E-state index is 13.5. The van der Waals surface area contributed by atoms with Gasteiger partial charge in [0.15, 0.2) is 0 Å². The lowest BCUT2D eigenvalue weighted by Gasteiger charge is -2.00. The third kappa shape index (κ3) is 4.60. The zero-order valence-corrected chi connectivity index (χ0v) is 11.3. The number of benzene rings is 1. The highest BCUT2D eigenvalue weighted by atomic mass is 79.9. The molecule has 92 valence electrons. The second-order valence-electron chi connectivity index (χ2n) is 4.43. The Balaban J connectivity index is 1.70. The van der Waals surface area contributed by atoms with Gasteiger partial charge in [-0.05, 0) is 49.9 Å². The van der Waals surface area contributed by atoms with E-state index in [1.54, 1.807) is 0 Å². The second-order valence-corrected chi connectivity index (χ2v) is 5.34. The van der Waals surface area contributed by atoms with Crippen LogP contribution in [0.15, 0.2) is 34.8 Å². The summed E-state index contributed by atoms with van der Waals surface area (Å²) in [5, 5.41) is 3.44. The third-order valence-electron chi connectivity index (χ3n) is 2.84. The Bertz CT molecular complexity index is 399. The van der Waals surface area contributed by atoms with E-state index >= 15 is 0 Å². The molecule has 1 saturated carbocycles. The summed E-state index contributed by atoms with van der Waals surface area (Å²) in [6, 6.07) is 5.98. The molecule has 1 fully saturated rings. The first-order chi connectivity index (χ1) is 8.25. The van der Waals surface area contributed by atoms with Gasteiger partial charge in [0, 0.05) is 10.5 Å². The summed E-state index contributed by atoms with van der Waals surface area (Å²) in [5.41, 5.74) is 0.750. The van der Waals surface area contributed by atoms with Gasteiger partial charge in [-0.25, -0.2) is 4.39 Å². The summed E-state index contributed by atoms with van der Waals surface area (Å²) < 4.78 is 14.3. The maximum Gasteiger partial charge on any atom is 0.127 e. The van der Waals surface area contributed by atoms with Gasteiger partial charge in [-0.1, -0.05) is 34.1 Å². The van der Waals surface area contributed by atoms with Gasteiger partial charge in [0.05, 0.1) is 0 Å². The molecule has 0 aromatic heterocycles. The molecule has 0 bridgehead atoms. The first kappa shape index (κ1) is 12.8. The molecule has 1 aromatic rings. The quantitative estimate of drug-likeness (QED) is 0.622. The van der Waals surface area contributed by atoms with Gasteiger partial charge in [0.25, 0.3) is 0 Å². The van der Waals surface area contributed by atoms with Gasteiger partial charge in [-0.15, -0.1) is 0 Å². The van der Waals surface area contributed by atoms with Crippen molar-refractivity contribution < 1.29 is 4.39 Å². The molecule has 0 radical (unpaired) electrons. The van der Waals surface area contributed by atoms with Crippen molar-refractivity contribution in [3.8, 4) is 0 Å². The summed E-state index contributed by atoms with van der Waals surface area (Å²) in [5.74, 6) is -0.139. The molecular weight excluding hydrogens is 281 g/mol. The van der Waals surface area contributed by atoms with E-state index in [0.717, 1.165) is 29.0 Å². The fraction of sp³-hybridized carbons (Fsp3) is 0.429. The first-order valence-electron chi connectivity index (χ1n) is 6.08. The van der Waals surface area contributed by atoms with Crippen LogP contribution in [0.5, 0.6) is 0 Å². The Hall–Kier alpha value is -0.670. The molecule has 0 spiro atoms. The highest BCUT2D eigenvalue weighted by molar-refractivity contribution is 9.10. The van der Waals surface area contributed by atoms with Crippen LogP contribution in [0.3, 0.4) is 0 Å². The molecule has 0 heterocycles. The minimum absolute atomic E-state index is 0.139. The van der Waals surface area contributed by atoms with E-state index in [2.05, 4.69) is 27.3 Å². The van der Waals surface area contributed by atoms with Crippen molar-refractivity contribution in [2.24, 2.45) is 0 Å². The molecule has 0 amide bonds. The first-order valence-corrected chi connectivity index (χ1v) is 6.87. The Morgan fingerprint density at radius 3 is 2.88 bits per heavy atom. The van der Waals surface area contributed by atoms with Crippen LogP contribution < -0.4 is 5.32 Å². The predicted octanol–water partition coefficient (Wildman–Crippen LogP) is 3.83. The summed E-state index contributed by atoms with van der Waals surface area (Å²) in [6.07, 6.45) is 8.51. The van der Waals surface area contributed by atoms with Crippen molar-refractivity contribution in [3.63, 3.8) is 0 Å². The average molecular weight is 298 g/mol. The van der Waals surface area contributed by atoms with Crippen LogP contribution in [0.2, 0.25) is 0 Å². The molecule has 0 unspecified atom stereocenters. The molecule has 0 aliphatic heterocycles. The molecule has 0 atom stereocenters. The van der Waals surface area contributed by atoms with E-state index in [-0.39, 0.29) is 5.82 Å². The molecule has 0 saturated heterocycles. The van der Waals surface area contributed by atoms with Crippen LogP contribution in [0.25, 0.3) is 0 Å². The highest BCUT2D eigenvalue weighted by Crippen LogP contribution is 2.18. The summed E-state index contributed by atoms with van der Waals surface area (Å²) >= 11 is 3.25. The Morgan fingerprint density at radius 1 is 1.35 bits per heavy atom. The van der Waals surface area contributed by atoms with E-state index in [4.69, 9.17) is 0 Å². The number of hydrogen-bond acceptors (Lipinski definition) is 1. The zero-order valence-electron chi connectivity index (χ0n) is 9.76. The van der Waals surface area contributed by atoms with E-state index in [1.807, 2.05) is 18.2 Å². The SMILES string of the molecule is Fc1cc(Br)ccc1CC=CCCNC1CC1. The van der Waals surface area contributed by atoms with E-state index in [0.29, 0.717) is 6.42 Å². The number of halogens is 2. The second kappa shape index (κ2) is 6.31.